The van der Waals surface area contributed by atoms with Crippen molar-refractivity contribution in [2.75, 3.05) is 19.8 Å². The van der Waals surface area contributed by atoms with Crippen LogP contribution in [-0.2, 0) is 23.8 Å². The molecule has 1 atom stereocenters. The van der Waals surface area contributed by atoms with Gasteiger partial charge in [0.2, 0.25) is 0 Å². The Morgan fingerprint density at radius 2 is 0.625 bits per heavy atom. The van der Waals surface area contributed by atoms with Crippen molar-refractivity contribution in [1.82, 2.24) is 0 Å². The average Bonchev–Trinajstić information content (AvgIpc) is 3.38. The van der Waals surface area contributed by atoms with E-state index in [0.717, 1.165) is 77.0 Å². The first-order chi connectivity index (χ1) is 35.6. The number of rotatable bonds is 58. The predicted molar refractivity (Wildman–Crippen MR) is 316 cm³/mol. The molecule has 0 spiro atoms. The SMILES string of the molecule is CC/C=C\C/C=C\C/C=C\C/C=C\CCCCCCCOCC(COC(=O)CCCCCCCCCCC/C=C\C/C=C\CCCCC)OC(=O)CCCCCCCCCCCCCCCCCCCCC. The van der Waals surface area contributed by atoms with Gasteiger partial charge in [0.15, 0.2) is 6.10 Å². The summed E-state index contributed by atoms with van der Waals surface area (Å²) in [5, 5.41) is 0. The summed E-state index contributed by atoms with van der Waals surface area (Å²) >= 11 is 0. The lowest BCUT2D eigenvalue weighted by Crippen LogP contribution is -2.30. The Morgan fingerprint density at radius 3 is 1.03 bits per heavy atom. The number of unbranched alkanes of at least 4 members (excludes halogenated alkanes) is 35. The summed E-state index contributed by atoms with van der Waals surface area (Å²) in [7, 11) is 0. The van der Waals surface area contributed by atoms with Crippen LogP contribution in [0, 0.1) is 0 Å². The van der Waals surface area contributed by atoms with E-state index in [4.69, 9.17) is 14.2 Å². The maximum atomic E-state index is 12.9. The molecule has 1 unspecified atom stereocenters. The van der Waals surface area contributed by atoms with Gasteiger partial charge in [-0.1, -0.05) is 286 Å². The highest BCUT2D eigenvalue weighted by Crippen LogP contribution is 2.17. The fraction of sp³-hybridized carbons (Fsp3) is 0.791. The number of ether oxygens (including phenoxy) is 3. The second-order valence-electron chi connectivity index (χ2n) is 20.9. The molecular formula is C67H120O5. The lowest BCUT2D eigenvalue weighted by Gasteiger charge is -2.18. The highest BCUT2D eigenvalue weighted by molar-refractivity contribution is 5.70. The fourth-order valence-electron chi connectivity index (χ4n) is 9.06. The van der Waals surface area contributed by atoms with E-state index in [-0.39, 0.29) is 25.2 Å². The molecule has 72 heavy (non-hydrogen) atoms. The first-order valence-corrected chi connectivity index (χ1v) is 31.5. The van der Waals surface area contributed by atoms with Crippen molar-refractivity contribution in [3.05, 3.63) is 72.9 Å². The summed E-state index contributed by atoms with van der Waals surface area (Å²) in [6, 6.07) is 0. The van der Waals surface area contributed by atoms with Gasteiger partial charge in [-0.05, 0) is 89.9 Å². The molecule has 0 heterocycles. The Labute approximate surface area is 448 Å². The molecular weight excluding hydrogens is 885 g/mol. The molecule has 5 nitrogen and oxygen atoms in total. The van der Waals surface area contributed by atoms with E-state index in [1.165, 1.54) is 205 Å². The topological polar surface area (TPSA) is 61.8 Å². The molecule has 0 aromatic heterocycles. The molecule has 0 saturated heterocycles. The van der Waals surface area contributed by atoms with E-state index in [0.29, 0.717) is 19.4 Å². The number of hydrogen-bond donors (Lipinski definition) is 0. The molecule has 0 aliphatic carbocycles. The van der Waals surface area contributed by atoms with Crippen LogP contribution in [0.4, 0.5) is 0 Å². The van der Waals surface area contributed by atoms with Crippen LogP contribution >= 0.6 is 0 Å². The molecule has 0 saturated carbocycles. The minimum absolute atomic E-state index is 0.0764. The van der Waals surface area contributed by atoms with Crippen molar-refractivity contribution in [2.24, 2.45) is 0 Å². The van der Waals surface area contributed by atoms with E-state index in [1.807, 2.05) is 0 Å². The fourth-order valence-corrected chi connectivity index (χ4v) is 9.06. The van der Waals surface area contributed by atoms with Gasteiger partial charge in [0.1, 0.15) is 6.61 Å². The number of hydrogen-bond acceptors (Lipinski definition) is 5. The zero-order valence-electron chi connectivity index (χ0n) is 48.2. The van der Waals surface area contributed by atoms with Gasteiger partial charge in [-0.15, -0.1) is 0 Å². The largest absolute Gasteiger partial charge is 0.462 e. The standard InChI is InChI=1S/C67H120O5/c1-4-7-10-13-16-19-22-25-28-31-34-36-39-42-45-48-51-54-57-60-66(68)71-64-65(63-70-62-59-56-53-50-47-44-41-38-33-30-27-24-21-18-15-12-9-6-3)72-67(69)61-58-55-52-49-46-43-40-37-35-32-29-26-23-20-17-14-11-8-5-2/h9,12,16,18-19,21,25,27-28,30,38,41,65H,4-8,10-11,13-15,17,20,22-24,26,29,31-37,39-40,42-64H2,1-3H3/b12-9-,19-16-,21-18-,28-25-,30-27-,41-38-. The highest BCUT2D eigenvalue weighted by atomic mass is 16.6. The summed E-state index contributed by atoms with van der Waals surface area (Å²) in [5.41, 5.74) is 0. The Morgan fingerprint density at radius 1 is 0.319 bits per heavy atom. The van der Waals surface area contributed by atoms with Gasteiger partial charge in [0.25, 0.3) is 0 Å². The lowest BCUT2D eigenvalue weighted by molar-refractivity contribution is -0.163. The summed E-state index contributed by atoms with van der Waals surface area (Å²) < 4.78 is 17.5. The van der Waals surface area contributed by atoms with Crippen molar-refractivity contribution in [1.29, 1.82) is 0 Å². The first-order valence-electron chi connectivity index (χ1n) is 31.5. The normalized spacial score (nSPS) is 12.7. The summed E-state index contributed by atoms with van der Waals surface area (Å²) in [6.07, 6.45) is 82.2. The van der Waals surface area contributed by atoms with Crippen molar-refractivity contribution in [3.8, 4) is 0 Å². The molecule has 0 aliphatic heterocycles. The Bertz CT molecular complexity index is 1270. The number of carbonyl (C=O) groups is 2. The molecule has 0 amide bonds. The first kappa shape index (κ1) is 69.3. The molecule has 0 N–H and O–H groups in total. The van der Waals surface area contributed by atoms with Gasteiger partial charge in [-0.3, -0.25) is 9.59 Å². The summed E-state index contributed by atoms with van der Waals surface area (Å²) in [5.74, 6) is -0.398. The van der Waals surface area contributed by atoms with Gasteiger partial charge in [0.05, 0.1) is 6.61 Å². The smallest absolute Gasteiger partial charge is 0.306 e. The molecule has 0 aromatic rings. The van der Waals surface area contributed by atoms with Crippen LogP contribution in [0.5, 0.6) is 0 Å². The molecule has 418 valence electrons. The van der Waals surface area contributed by atoms with Crippen LogP contribution in [0.25, 0.3) is 0 Å². The third-order valence-corrected chi connectivity index (χ3v) is 13.7. The third-order valence-electron chi connectivity index (χ3n) is 13.7. The second kappa shape index (κ2) is 62.6. The van der Waals surface area contributed by atoms with E-state index >= 15 is 0 Å². The zero-order chi connectivity index (χ0) is 52.0. The van der Waals surface area contributed by atoms with E-state index < -0.39 is 6.10 Å². The van der Waals surface area contributed by atoms with Gasteiger partial charge in [-0.25, -0.2) is 0 Å². The van der Waals surface area contributed by atoms with E-state index in [9.17, 15) is 9.59 Å². The van der Waals surface area contributed by atoms with E-state index in [2.05, 4.69) is 93.7 Å². The minimum atomic E-state index is -0.550. The number of carbonyl (C=O) groups excluding carboxylic acids is 2. The number of esters is 2. The Balaban J connectivity index is 4.29. The van der Waals surface area contributed by atoms with Crippen LogP contribution < -0.4 is 0 Å². The molecule has 0 aromatic carbocycles. The molecule has 0 rings (SSSR count). The van der Waals surface area contributed by atoms with Gasteiger partial charge < -0.3 is 14.2 Å². The molecule has 0 fully saturated rings. The Kier molecular flexibility index (Phi) is 60.3. The summed E-state index contributed by atoms with van der Waals surface area (Å²) in [4.78, 5) is 25.6. The maximum absolute atomic E-state index is 12.9. The zero-order valence-corrected chi connectivity index (χ0v) is 48.2. The predicted octanol–water partition coefficient (Wildman–Crippen LogP) is 21.8. The van der Waals surface area contributed by atoms with Crippen LogP contribution in [0.3, 0.4) is 0 Å². The maximum Gasteiger partial charge on any atom is 0.306 e. The highest BCUT2D eigenvalue weighted by Gasteiger charge is 2.17. The second-order valence-corrected chi connectivity index (χ2v) is 20.9. The van der Waals surface area contributed by atoms with Crippen molar-refractivity contribution in [3.63, 3.8) is 0 Å². The molecule has 0 radical (unpaired) electrons. The van der Waals surface area contributed by atoms with Crippen LogP contribution in [0.2, 0.25) is 0 Å². The molecule has 5 heteroatoms. The minimum Gasteiger partial charge on any atom is -0.462 e. The number of allylic oxidation sites excluding steroid dienone is 12. The van der Waals surface area contributed by atoms with Gasteiger partial charge >= 0.3 is 11.9 Å². The quantitative estimate of drug-likeness (QED) is 0.0345. The van der Waals surface area contributed by atoms with Crippen molar-refractivity contribution < 1.29 is 23.8 Å². The molecule has 0 aliphatic rings. The summed E-state index contributed by atoms with van der Waals surface area (Å²) in [6.45, 7) is 7.70. The monoisotopic (exact) mass is 1000 g/mol. The van der Waals surface area contributed by atoms with Crippen LogP contribution in [0.1, 0.15) is 316 Å². The Hall–Kier alpha value is -2.66. The molecule has 0 bridgehead atoms. The van der Waals surface area contributed by atoms with Gasteiger partial charge in [-0.2, -0.15) is 0 Å². The van der Waals surface area contributed by atoms with Crippen LogP contribution in [0.15, 0.2) is 72.9 Å². The third kappa shape index (κ3) is 59.9. The van der Waals surface area contributed by atoms with Crippen LogP contribution in [-0.4, -0.2) is 37.9 Å². The van der Waals surface area contributed by atoms with E-state index in [1.54, 1.807) is 0 Å². The lowest BCUT2D eigenvalue weighted by atomic mass is 10.0. The van der Waals surface area contributed by atoms with Gasteiger partial charge in [0, 0.05) is 19.4 Å². The average molecular weight is 1010 g/mol. The van der Waals surface area contributed by atoms with Crippen molar-refractivity contribution in [2.45, 2.75) is 322 Å². The van der Waals surface area contributed by atoms with Crippen molar-refractivity contribution >= 4 is 11.9 Å².